The molecule has 2 aliphatic heterocycles. The van der Waals surface area contributed by atoms with E-state index in [1.807, 2.05) is 0 Å². The van der Waals surface area contributed by atoms with Gasteiger partial charge in [0, 0.05) is 6.04 Å². The second kappa shape index (κ2) is 6.61. The molecule has 2 rings (SSSR count). The van der Waals surface area contributed by atoms with Crippen LogP contribution >= 0.6 is 0 Å². The largest absolute Gasteiger partial charge is 0.317 e. The van der Waals surface area contributed by atoms with Crippen molar-refractivity contribution in [1.29, 1.82) is 0 Å². The zero-order chi connectivity index (χ0) is 11.2. The maximum Gasteiger partial charge on any atom is 0.00931 e. The summed E-state index contributed by atoms with van der Waals surface area (Å²) in [7, 11) is 0. The van der Waals surface area contributed by atoms with Gasteiger partial charge in [0.2, 0.25) is 0 Å². The topological polar surface area (TPSA) is 15.3 Å². The molecule has 0 aliphatic carbocycles. The van der Waals surface area contributed by atoms with E-state index in [4.69, 9.17) is 0 Å². The second-order valence-electron chi connectivity index (χ2n) is 5.58. The van der Waals surface area contributed by atoms with Gasteiger partial charge in [-0.1, -0.05) is 6.92 Å². The number of rotatable bonds is 5. The minimum Gasteiger partial charge on any atom is -0.317 e. The molecule has 0 spiro atoms. The molecule has 0 radical (unpaired) electrons. The first kappa shape index (κ1) is 12.4. The molecule has 16 heavy (non-hydrogen) atoms. The summed E-state index contributed by atoms with van der Waals surface area (Å²) in [6, 6.07) is 0.910. The van der Waals surface area contributed by atoms with Crippen molar-refractivity contribution < 1.29 is 0 Å². The normalized spacial score (nSPS) is 28.7. The van der Waals surface area contributed by atoms with Gasteiger partial charge in [-0.3, -0.25) is 0 Å². The highest BCUT2D eigenvalue weighted by Crippen LogP contribution is 2.22. The van der Waals surface area contributed by atoms with Crippen molar-refractivity contribution in [2.45, 2.75) is 57.9 Å². The van der Waals surface area contributed by atoms with Gasteiger partial charge < -0.3 is 10.2 Å². The van der Waals surface area contributed by atoms with Crippen LogP contribution in [0.3, 0.4) is 0 Å². The highest BCUT2D eigenvalue weighted by atomic mass is 15.2. The van der Waals surface area contributed by atoms with Gasteiger partial charge in [0.25, 0.3) is 0 Å². The van der Waals surface area contributed by atoms with Gasteiger partial charge in [-0.2, -0.15) is 0 Å². The lowest BCUT2D eigenvalue weighted by Gasteiger charge is -2.26. The van der Waals surface area contributed by atoms with Crippen LogP contribution in [0.15, 0.2) is 0 Å². The summed E-state index contributed by atoms with van der Waals surface area (Å²) in [5, 5.41) is 3.45. The van der Waals surface area contributed by atoms with Crippen LogP contribution in [-0.2, 0) is 0 Å². The van der Waals surface area contributed by atoms with Crippen molar-refractivity contribution >= 4 is 0 Å². The zero-order valence-corrected chi connectivity index (χ0v) is 10.9. The van der Waals surface area contributed by atoms with E-state index in [1.54, 1.807) is 0 Å². The van der Waals surface area contributed by atoms with E-state index in [0.717, 1.165) is 12.0 Å². The lowest BCUT2D eigenvalue weighted by molar-refractivity contribution is 0.231. The molecule has 0 amide bonds. The van der Waals surface area contributed by atoms with E-state index in [0.29, 0.717) is 0 Å². The second-order valence-corrected chi connectivity index (χ2v) is 5.58. The average molecular weight is 224 g/mol. The number of nitrogens with one attached hydrogen (secondary N) is 1. The first-order valence-electron chi connectivity index (χ1n) is 7.35. The summed E-state index contributed by atoms with van der Waals surface area (Å²) >= 11 is 0. The van der Waals surface area contributed by atoms with Crippen LogP contribution in [0.2, 0.25) is 0 Å². The molecular weight excluding hydrogens is 196 g/mol. The Labute approximate surface area is 101 Å². The molecule has 0 saturated carbocycles. The predicted octanol–water partition coefficient (Wildman–Crippen LogP) is 2.64. The van der Waals surface area contributed by atoms with E-state index in [-0.39, 0.29) is 0 Å². The van der Waals surface area contributed by atoms with Gasteiger partial charge in [-0.05, 0) is 77.0 Å². The van der Waals surface area contributed by atoms with Gasteiger partial charge >= 0.3 is 0 Å². The Bertz CT molecular complexity index is 187. The Balaban J connectivity index is 1.59. The number of piperidine rings is 1. The molecule has 1 unspecified atom stereocenters. The van der Waals surface area contributed by atoms with Crippen molar-refractivity contribution in [3.8, 4) is 0 Å². The Morgan fingerprint density at radius 1 is 1.19 bits per heavy atom. The molecule has 1 N–H and O–H groups in total. The summed E-state index contributed by atoms with van der Waals surface area (Å²) in [6.45, 7) is 7.58. The SMILES string of the molecule is CCC1CCCN1CCCC1CCNCC1. The van der Waals surface area contributed by atoms with Gasteiger partial charge in [-0.15, -0.1) is 0 Å². The number of nitrogens with zero attached hydrogens (tertiary/aromatic N) is 1. The minimum atomic E-state index is 0.910. The van der Waals surface area contributed by atoms with Gasteiger partial charge in [-0.25, -0.2) is 0 Å². The summed E-state index contributed by atoms with van der Waals surface area (Å²) in [4.78, 5) is 2.74. The highest BCUT2D eigenvalue weighted by Gasteiger charge is 2.22. The number of hydrogen-bond donors (Lipinski definition) is 1. The van der Waals surface area contributed by atoms with Crippen molar-refractivity contribution in [1.82, 2.24) is 10.2 Å². The van der Waals surface area contributed by atoms with E-state index in [2.05, 4.69) is 17.1 Å². The zero-order valence-electron chi connectivity index (χ0n) is 10.9. The maximum absolute atomic E-state index is 3.45. The van der Waals surface area contributed by atoms with E-state index in [9.17, 15) is 0 Å². The Morgan fingerprint density at radius 3 is 2.75 bits per heavy atom. The van der Waals surface area contributed by atoms with Gasteiger partial charge in [0.15, 0.2) is 0 Å². The van der Waals surface area contributed by atoms with Gasteiger partial charge in [0.05, 0.1) is 0 Å². The van der Waals surface area contributed by atoms with Crippen molar-refractivity contribution in [2.75, 3.05) is 26.2 Å². The van der Waals surface area contributed by atoms with Crippen molar-refractivity contribution in [2.24, 2.45) is 5.92 Å². The number of hydrogen-bond acceptors (Lipinski definition) is 2. The van der Waals surface area contributed by atoms with Crippen LogP contribution in [-0.4, -0.2) is 37.1 Å². The maximum atomic E-state index is 3.45. The molecule has 2 saturated heterocycles. The fraction of sp³-hybridized carbons (Fsp3) is 1.00. The molecule has 0 aromatic rings. The first-order chi connectivity index (χ1) is 7.90. The smallest absolute Gasteiger partial charge is 0.00931 e. The van der Waals surface area contributed by atoms with Crippen LogP contribution < -0.4 is 5.32 Å². The molecular formula is C14H28N2. The fourth-order valence-corrected chi connectivity index (χ4v) is 3.41. The van der Waals surface area contributed by atoms with Crippen LogP contribution in [0, 0.1) is 5.92 Å². The molecule has 1 atom stereocenters. The third-order valence-electron chi connectivity index (χ3n) is 4.49. The monoisotopic (exact) mass is 224 g/mol. The molecule has 94 valence electrons. The third-order valence-corrected chi connectivity index (χ3v) is 4.49. The highest BCUT2D eigenvalue weighted by molar-refractivity contribution is 4.78. The van der Waals surface area contributed by atoms with Crippen LogP contribution in [0.1, 0.15) is 51.9 Å². The quantitative estimate of drug-likeness (QED) is 0.772. The number of likely N-dealkylation sites (tertiary alicyclic amines) is 1. The average Bonchev–Trinajstić information content (AvgIpc) is 2.78. The molecule has 2 aliphatic rings. The van der Waals surface area contributed by atoms with E-state index >= 15 is 0 Å². The molecule has 2 heterocycles. The molecule has 0 aromatic heterocycles. The van der Waals surface area contributed by atoms with Crippen molar-refractivity contribution in [3.05, 3.63) is 0 Å². The Kier molecular flexibility index (Phi) is 5.11. The Morgan fingerprint density at radius 2 is 2.00 bits per heavy atom. The lowest BCUT2D eigenvalue weighted by atomic mass is 9.93. The minimum absolute atomic E-state index is 0.910. The molecule has 0 aromatic carbocycles. The summed E-state index contributed by atoms with van der Waals surface area (Å²) in [5.74, 6) is 1.02. The van der Waals surface area contributed by atoms with Crippen LogP contribution in [0.4, 0.5) is 0 Å². The predicted molar refractivity (Wildman–Crippen MR) is 69.7 cm³/mol. The summed E-state index contributed by atoms with van der Waals surface area (Å²) in [5.41, 5.74) is 0. The Hall–Kier alpha value is -0.0800. The summed E-state index contributed by atoms with van der Waals surface area (Å²) < 4.78 is 0. The molecule has 2 nitrogen and oxygen atoms in total. The molecule has 2 fully saturated rings. The lowest BCUT2D eigenvalue weighted by Crippen LogP contribution is -2.31. The van der Waals surface area contributed by atoms with Crippen LogP contribution in [0.5, 0.6) is 0 Å². The van der Waals surface area contributed by atoms with Crippen LogP contribution in [0.25, 0.3) is 0 Å². The van der Waals surface area contributed by atoms with Crippen molar-refractivity contribution in [3.63, 3.8) is 0 Å². The standard InChI is InChI=1S/C14H28N2/c1-2-14-6-4-12-16(14)11-3-5-13-7-9-15-10-8-13/h13-15H,2-12H2,1H3. The van der Waals surface area contributed by atoms with E-state index < -0.39 is 0 Å². The first-order valence-corrected chi connectivity index (χ1v) is 7.35. The fourth-order valence-electron chi connectivity index (χ4n) is 3.41. The summed E-state index contributed by atoms with van der Waals surface area (Å²) in [6.07, 6.45) is 9.97. The molecule has 2 heteroatoms. The third kappa shape index (κ3) is 3.46. The van der Waals surface area contributed by atoms with E-state index in [1.165, 1.54) is 71.1 Å². The van der Waals surface area contributed by atoms with Gasteiger partial charge in [0.1, 0.15) is 0 Å². The molecule has 0 bridgehead atoms.